The molecule has 0 saturated heterocycles. The van der Waals surface area contributed by atoms with Gasteiger partial charge in [0.05, 0.1) is 11.9 Å². The Morgan fingerprint density at radius 3 is 3.00 bits per heavy atom. The Hall–Kier alpha value is -1.86. The molecule has 0 aliphatic rings. The molecule has 3 rings (SSSR count). The lowest BCUT2D eigenvalue weighted by atomic mass is 10.2. The number of hydrogen-bond donors (Lipinski definition) is 1. The third-order valence-electron chi connectivity index (χ3n) is 2.62. The normalized spacial score (nSPS) is 10.7. The van der Waals surface area contributed by atoms with Crippen molar-refractivity contribution >= 4 is 23.1 Å². The van der Waals surface area contributed by atoms with Gasteiger partial charge in [0.1, 0.15) is 11.6 Å². The molecule has 3 aromatic rings. The van der Waals surface area contributed by atoms with Gasteiger partial charge in [0.2, 0.25) is 5.88 Å². The first kappa shape index (κ1) is 13.1. The molecule has 7 heteroatoms. The average Bonchev–Trinajstić information content (AvgIpc) is 3.16. The fraction of sp³-hybridized carbons (Fsp3) is 0.154. The van der Waals surface area contributed by atoms with E-state index >= 15 is 0 Å². The molecule has 5 nitrogen and oxygen atoms in total. The summed E-state index contributed by atoms with van der Waals surface area (Å²) in [5, 5.41) is 3.75. The minimum atomic E-state index is 0.438. The van der Waals surface area contributed by atoms with Crippen molar-refractivity contribution in [1.29, 1.82) is 0 Å². The van der Waals surface area contributed by atoms with Crippen LogP contribution in [0.4, 0.5) is 0 Å². The lowest BCUT2D eigenvalue weighted by Gasteiger charge is -2.04. The minimum absolute atomic E-state index is 0.438. The highest BCUT2D eigenvalue weighted by Gasteiger charge is 2.05. The van der Waals surface area contributed by atoms with Crippen molar-refractivity contribution in [1.82, 2.24) is 19.9 Å². The minimum Gasteiger partial charge on any atom is -0.470 e. The predicted molar refractivity (Wildman–Crippen MR) is 80.0 cm³/mol. The van der Waals surface area contributed by atoms with Gasteiger partial charge in [0, 0.05) is 29.4 Å². The van der Waals surface area contributed by atoms with Crippen molar-refractivity contribution in [3.05, 3.63) is 41.1 Å². The summed E-state index contributed by atoms with van der Waals surface area (Å²) in [5.41, 5.74) is 1.96. The molecule has 1 N–H and O–H groups in total. The van der Waals surface area contributed by atoms with E-state index in [9.17, 15) is 0 Å². The monoisotopic (exact) mass is 304 g/mol. The standard InChI is InChI=1S/C13H12N4OS2/c1-19-13-16-7-10(17-13)9-2-3-14-11(6-9)18-8-12-15-4-5-20-12/h2-7H,8H2,1H3,(H,16,17). The second-order valence-corrected chi connectivity index (χ2v) is 5.68. The summed E-state index contributed by atoms with van der Waals surface area (Å²) in [5.74, 6) is 0.581. The number of ether oxygens (including phenoxy) is 1. The number of pyridine rings is 1. The van der Waals surface area contributed by atoms with Crippen LogP contribution in [0.15, 0.2) is 41.3 Å². The zero-order valence-electron chi connectivity index (χ0n) is 10.7. The van der Waals surface area contributed by atoms with Gasteiger partial charge in [-0.2, -0.15) is 0 Å². The molecule has 20 heavy (non-hydrogen) atoms. The van der Waals surface area contributed by atoms with Crippen LogP contribution in [-0.4, -0.2) is 26.2 Å². The Labute approximate surface area is 124 Å². The maximum absolute atomic E-state index is 5.64. The molecule has 3 heterocycles. The quantitative estimate of drug-likeness (QED) is 0.733. The van der Waals surface area contributed by atoms with Crippen LogP contribution < -0.4 is 4.74 Å². The van der Waals surface area contributed by atoms with E-state index in [1.54, 1.807) is 35.5 Å². The SMILES string of the molecule is CSc1ncc(-c2ccnc(OCc3nccs3)c2)[nH]1. The molecule has 3 aromatic heterocycles. The third kappa shape index (κ3) is 3.00. The van der Waals surface area contributed by atoms with Gasteiger partial charge in [-0.15, -0.1) is 11.3 Å². The van der Waals surface area contributed by atoms with Gasteiger partial charge in [-0.1, -0.05) is 11.8 Å². The van der Waals surface area contributed by atoms with Gasteiger partial charge in [0.25, 0.3) is 0 Å². The molecule has 0 bridgehead atoms. The van der Waals surface area contributed by atoms with Crippen LogP contribution in [0.5, 0.6) is 5.88 Å². The fourth-order valence-corrected chi connectivity index (χ4v) is 2.57. The van der Waals surface area contributed by atoms with Crippen molar-refractivity contribution in [3.63, 3.8) is 0 Å². The Morgan fingerprint density at radius 1 is 1.30 bits per heavy atom. The lowest BCUT2D eigenvalue weighted by Crippen LogP contribution is -1.96. The highest BCUT2D eigenvalue weighted by atomic mass is 32.2. The van der Waals surface area contributed by atoms with E-state index in [0.29, 0.717) is 12.5 Å². The van der Waals surface area contributed by atoms with Crippen LogP contribution >= 0.6 is 23.1 Å². The number of aromatic nitrogens is 4. The number of nitrogens with zero attached hydrogens (tertiary/aromatic N) is 3. The molecule has 0 aromatic carbocycles. The van der Waals surface area contributed by atoms with E-state index in [4.69, 9.17) is 4.74 Å². The van der Waals surface area contributed by atoms with E-state index in [-0.39, 0.29) is 0 Å². The summed E-state index contributed by atoms with van der Waals surface area (Å²) in [6, 6.07) is 3.82. The largest absolute Gasteiger partial charge is 0.470 e. The number of imidazole rings is 1. The molecule has 0 atom stereocenters. The summed E-state index contributed by atoms with van der Waals surface area (Å²) >= 11 is 3.14. The predicted octanol–water partition coefficient (Wildman–Crippen LogP) is 3.23. The molecular formula is C13H12N4OS2. The van der Waals surface area contributed by atoms with Gasteiger partial charge in [-0.25, -0.2) is 15.0 Å². The molecule has 0 saturated carbocycles. The smallest absolute Gasteiger partial charge is 0.214 e. The van der Waals surface area contributed by atoms with Gasteiger partial charge in [-0.05, 0) is 12.3 Å². The number of thioether (sulfide) groups is 1. The maximum Gasteiger partial charge on any atom is 0.214 e. The van der Waals surface area contributed by atoms with E-state index < -0.39 is 0 Å². The number of H-pyrrole nitrogens is 1. The number of nitrogens with one attached hydrogen (secondary N) is 1. The van der Waals surface area contributed by atoms with E-state index in [1.807, 2.05) is 30.0 Å². The highest BCUT2D eigenvalue weighted by molar-refractivity contribution is 7.98. The highest BCUT2D eigenvalue weighted by Crippen LogP contribution is 2.23. The summed E-state index contributed by atoms with van der Waals surface area (Å²) in [4.78, 5) is 15.9. The maximum atomic E-state index is 5.64. The van der Waals surface area contributed by atoms with Crippen molar-refractivity contribution in [2.75, 3.05) is 6.26 Å². The van der Waals surface area contributed by atoms with E-state index in [1.165, 1.54) is 0 Å². The molecule has 0 unspecified atom stereocenters. The number of rotatable bonds is 5. The van der Waals surface area contributed by atoms with Crippen LogP contribution in [0.25, 0.3) is 11.3 Å². The van der Waals surface area contributed by atoms with E-state index in [0.717, 1.165) is 21.4 Å². The number of hydrogen-bond acceptors (Lipinski definition) is 6. The van der Waals surface area contributed by atoms with Gasteiger partial charge >= 0.3 is 0 Å². The van der Waals surface area contributed by atoms with Crippen LogP contribution in [0, 0.1) is 0 Å². The number of thiazole rings is 1. The average molecular weight is 304 g/mol. The summed E-state index contributed by atoms with van der Waals surface area (Å²) < 4.78 is 5.64. The first-order chi connectivity index (χ1) is 9.85. The number of aromatic amines is 1. The van der Waals surface area contributed by atoms with Crippen molar-refractivity contribution in [2.45, 2.75) is 11.8 Å². The summed E-state index contributed by atoms with van der Waals surface area (Å²) in [6.07, 6.45) is 7.29. The molecule has 0 radical (unpaired) electrons. The summed E-state index contributed by atoms with van der Waals surface area (Å²) in [7, 11) is 0. The first-order valence-corrected chi connectivity index (χ1v) is 8.02. The Morgan fingerprint density at radius 2 is 2.25 bits per heavy atom. The zero-order valence-corrected chi connectivity index (χ0v) is 12.4. The van der Waals surface area contributed by atoms with Crippen molar-refractivity contribution < 1.29 is 4.74 Å². The van der Waals surface area contributed by atoms with Crippen LogP contribution in [-0.2, 0) is 6.61 Å². The summed E-state index contributed by atoms with van der Waals surface area (Å²) in [6.45, 7) is 0.438. The first-order valence-electron chi connectivity index (χ1n) is 5.92. The van der Waals surface area contributed by atoms with Crippen molar-refractivity contribution in [2.24, 2.45) is 0 Å². The van der Waals surface area contributed by atoms with Gasteiger partial charge in [0.15, 0.2) is 5.16 Å². The molecule has 0 amide bonds. The lowest BCUT2D eigenvalue weighted by molar-refractivity contribution is 0.293. The third-order valence-corrected chi connectivity index (χ3v) is 3.97. The van der Waals surface area contributed by atoms with Crippen LogP contribution in [0.2, 0.25) is 0 Å². The fourth-order valence-electron chi connectivity index (χ4n) is 1.67. The topological polar surface area (TPSA) is 63.7 Å². The Bertz CT molecular complexity index is 681. The van der Waals surface area contributed by atoms with Crippen molar-refractivity contribution in [3.8, 4) is 17.1 Å². The Kier molecular flexibility index (Phi) is 3.98. The van der Waals surface area contributed by atoms with Gasteiger partial charge in [-0.3, -0.25) is 0 Å². The molecule has 0 spiro atoms. The Balaban J connectivity index is 1.75. The van der Waals surface area contributed by atoms with E-state index in [2.05, 4.69) is 19.9 Å². The van der Waals surface area contributed by atoms with Crippen LogP contribution in [0.1, 0.15) is 5.01 Å². The second-order valence-electron chi connectivity index (χ2n) is 3.90. The molecule has 0 aliphatic carbocycles. The second kappa shape index (κ2) is 6.06. The molecule has 102 valence electrons. The van der Waals surface area contributed by atoms with Gasteiger partial charge < -0.3 is 9.72 Å². The zero-order chi connectivity index (χ0) is 13.8. The molecule has 0 fully saturated rings. The van der Waals surface area contributed by atoms with Crippen LogP contribution in [0.3, 0.4) is 0 Å². The molecular weight excluding hydrogens is 292 g/mol. The molecule has 0 aliphatic heterocycles.